The first-order chi connectivity index (χ1) is 6.50. The van der Waals surface area contributed by atoms with Crippen LogP contribution in [0.4, 0.5) is 14.9 Å². The summed E-state index contributed by atoms with van der Waals surface area (Å²) in [5.74, 6) is -1.11. The van der Waals surface area contributed by atoms with E-state index in [1.54, 1.807) is 0 Å². The molecule has 2 N–H and O–H groups in total. The number of rotatable bonds is 2. The van der Waals surface area contributed by atoms with Crippen molar-refractivity contribution < 1.29 is 19.1 Å². The lowest BCUT2D eigenvalue weighted by Crippen LogP contribution is -2.08. The van der Waals surface area contributed by atoms with Crippen LogP contribution in [-0.2, 0) is 0 Å². The molecule has 1 aromatic rings. The normalized spacial score (nSPS) is 9.57. The Kier molecular flexibility index (Phi) is 2.81. The number of amides is 1. The molecule has 5 heteroatoms. The van der Waals surface area contributed by atoms with Gasteiger partial charge >= 0.3 is 6.09 Å². The lowest BCUT2D eigenvalue weighted by atomic mass is 10.1. The maximum Gasteiger partial charge on any atom is 0.409 e. The second-order valence-corrected chi connectivity index (χ2v) is 2.68. The van der Waals surface area contributed by atoms with E-state index in [2.05, 4.69) is 0 Å². The van der Waals surface area contributed by atoms with Crippen molar-refractivity contribution in [2.24, 2.45) is 0 Å². The number of Topliss-reactive ketones (excluding diaryl/α,β-unsaturated/α-hetero) is 1. The molecule has 0 heterocycles. The van der Waals surface area contributed by atoms with Gasteiger partial charge in [-0.2, -0.15) is 0 Å². The van der Waals surface area contributed by atoms with Crippen LogP contribution in [-0.4, -0.2) is 17.0 Å². The monoisotopic (exact) mass is 197 g/mol. The molecule has 0 saturated heterocycles. The van der Waals surface area contributed by atoms with Gasteiger partial charge in [-0.05, 0) is 25.1 Å². The third-order valence-electron chi connectivity index (χ3n) is 1.60. The molecule has 0 aromatic heterocycles. The lowest BCUT2D eigenvalue weighted by molar-refractivity contribution is 0.101. The van der Waals surface area contributed by atoms with Crippen molar-refractivity contribution in [3.63, 3.8) is 0 Å². The average Bonchev–Trinajstić information content (AvgIpc) is 2.07. The predicted octanol–water partition coefficient (Wildman–Crippen LogP) is 2.12. The summed E-state index contributed by atoms with van der Waals surface area (Å²) in [4.78, 5) is 21.1. The Labute approximate surface area is 79.4 Å². The zero-order valence-corrected chi connectivity index (χ0v) is 7.37. The second-order valence-electron chi connectivity index (χ2n) is 2.68. The minimum atomic E-state index is -1.26. The van der Waals surface area contributed by atoms with E-state index >= 15 is 0 Å². The number of hydrogen-bond donors (Lipinski definition) is 2. The van der Waals surface area contributed by atoms with Crippen LogP contribution in [0.25, 0.3) is 0 Å². The van der Waals surface area contributed by atoms with Crippen LogP contribution >= 0.6 is 0 Å². The van der Waals surface area contributed by atoms with Gasteiger partial charge in [0.25, 0.3) is 0 Å². The molecule has 0 atom stereocenters. The Hall–Kier alpha value is -1.91. The summed E-state index contributed by atoms with van der Waals surface area (Å²) < 4.78 is 13.0. The summed E-state index contributed by atoms with van der Waals surface area (Å²) >= 11 is 0. The first-order valence-electron chi connectivity index (χ1n) is 3.81. The van der Waals surface area contributed by atoms with Crippen LogP contribution in [0.2, 0.25) is 0 Å². The number of halogens is 1. The van der Waals surface area contributed by atoms with Crippen molar-refractivity contribution in [3.8, 4) is 0 Å². The van der Waals surface area contributed by atoms with E-state index in [0.717, 1.165) is 12.1 Å². The van der Waals surface area contributed by atoms with Crippen LogP contribution < -0.4 is 5.32 Å². The van der Waals surface area contributed by atoms with Gasteiger partial charge in [0.1, 0.15) is 5.82 Å². The van der Waals surface area contributed by atoms with E-state index in [1.165, 1.54) is 13.0 Å². The van der Waals surface area contributed by atoms with Crippen LogP contribution in [0, 0.1) is 5.82 Å². The van der Waals surface area contributed by atoms with E-state index in [4.69, 9.17) is 5.11 Å². The van der Waals surface area contributed by atoms with E-state index in [9.17, 15) is 14.0 Å². The van der Waals surface area contributed by atoms with Crippen molar-refractivity contribution in [2.75, 3.05) is 5.32 Å². The van der Waals surface area contributed by atoms with E-state index in [-0.39, 0.29) is 11.3 Å². The van der Waals surface area contributed by atoms with Crippen molar-refractivity contribution >= 4 is 17.6 Å². The molecule has 1 rings (SSSR count). The Bertz CT molecular complexity index is 390. The van der Waals surface area contributed by atoms with Crippen molar-refractivity contribution in [1.29, 1.82) is 0 Å². The molecule has 14 heavy (non-hydrogen) atoms. The molecule has 0 unspecified atom stereocenters. The van der Waals surface area contributed by atoms with Crippen molar-refractivity contribution in [2.45, 2.75) is 6.92 Å². The Morgan fingerprint density at radius 2 is 2.07 bits per heavy atom. The fourth-order valence-corrected chi connectivity index (χ4v) is 0.996. The predicted molar refractivity (Wildman–Crippen MR) is 48.1 cm³/mol. The summed E-state index contributed by atoms with van der Waals surface area (Å²) in [6.45, 7) is 1.21. The number of nitrogens with one attached hydrogen (secondary N) is 1. The second kappa shape index (κ2) is 3.87. The smallest absolute Gasteiger partial charge is 0.409 e. The molecule has 0 bridgehead atoms. The average molecular weight is 197 g/mol. The van der Waals surface area contributed by atoms with Crippen LogP contribution in [0.1, 0.15) is 17.3 Å². The molecule has 0 fully saturated rings. The molecule has 4 nitrogen and oxygen atoms in total. The molecule has 74 valence electrons. The number of hydrogen-bond acceptors (Lipinski definition) is 2. The van der Waals surface area contributed by atoms with Gasteiger partial charge in [-0.25, -0.2) is 9.18 Å². The lowest BCUT2D eigenvalue weighted by Gasteiger charge is -2.03. The van der Waals surface area contributed by atoms with Gasteiger partial charge in [-0.1, -0.05) is 0 Å². The van der Waals surface area contributed by atoms with Crippen molar-refractivity contribution in [3.05, 3.63) is 29.6 Å². The highest BCUT2D eigenvalue weighted by molar-refractivity contribution is 5.96. The number of carboxylic acid groups (broad SMARTS) is 1. The van der Waals surface area contributed by atoms with Gasteiger partial charge < -0.3 is 5.11 Å². The summed E-state index contributed by atoms with van der Waals surface area (Å²) in [5.41, 5.74) is 0.0420. The topological polar surface area (TPSA) is 66.4 Å². The van der Waals surface area contributed by atoms with Gasteiger partial charge in [0.2, 0.25) is 0 Å². The number of ketones is 1. The number of carbonyl (C=O) groups excluding carboxylic acids is 1. The third-order valence-corrected chi connectivity index (χ3v) is 1.60. The molecular weight excluding hydrogens is 189 g/mol. The minimum absolute atomic E-state index is 0.128. The fraction of sp³-hybridized carbons (Fsp3) is 0.111. The molecule has 0 aliphatic heterocycles. The van der Waals surface area contributed by atoms with Gasteiger partial charge in [0.15, 0.2) is 5.78 Å². The maximum atomic E-state index is 13.0. The third kappa shape index (κ3) is 2.29. The van der Waals surface area contributed by atoms with Crippen LogP contribution in [0.3, 0.4) is 0 Å². The maximum absolute atomic E-state index is 13.0. The molecule has 0 aliphatic carbocycles. The van der Waals surface area contributed by atoms with Gasteiger partial charge in [0.05, 0.1) is 5.56 Å². The molecule has 1 aromatic carbocycles. The zero-order valence-electron chi connectivity index (χ0n) is 7.37. The molecule has 1 amide bonds. The quantitative estimate of drug-likeness (QED) is 0.713. The molecule has 0 aliphatic rings. The SMILES string of the molecule is CC(=O)c1cc(NC(=O)O)ccc1F. The highest BCUT2D eigenvalue weighted by Gasteiger charge is 2.08. The number of anilines is 1. The highest BCUT2D eigenvalue weighted by Crippen LogP contribution is 2.15. The Morgan fingerprint density at radius 3 is 2.57 bits per heavy atom. The van der Waals surface area contributed by atoms with Crippen LogP contribution in [0.5, 0.6) is 0 Å². The fourth-order valence-electron chi connectivity index (χ4n) is 0.996. The largest absolute Gasteiger partial charge is 0.465 e. The van der Waals surface area contributed by atoms with Gasteiger partial charge in [0, 0.05) is 5.69 Å². The van der Waals surface area contributed by atoms with Crippen LogP contribution in [0.15, 0.2) is 18.2 Å². The van der Waals surface area contributed by atoms with Gasteiger partial charge in [-0.3, -0.25) is 10.1 Å². The highest BCUT2D eigenvalue weighted by atomic mass is 19.1. The molecular formula is C9H8FNO3. The van der Waals surface area contributed by atoms with Gasteiger partial charge in [-0.15, -0.1) is 0 Å². The first-order valence-corrected chi connectivity index (χ1v) is 3.81. The first kappa shape index (κ1) is 10.2. The summed E-state index contributed by atoms with van der Waals surface area (Å²) in [6.07, 6.45) is -1.26. The number of benzene rings is 1. The summed E-state index contributed by atoms with van der Waals surface area (Å²) in [7, 11) is 0. The minimum Gasteiger partial charge on any atom is -0.465 e. The van der Waals surface area contributed by atoms with E-state index in [1.807, 2.05) is 5.32 Å². The van der Waals surface area contributed by atoms with E-state index in [0.29, 0.717) is 0 Å². The Morgan fingerprint density at radius 1 is 1.43 bits per heavy atom. The Balaban J connectivity index is 3.06. The zero-order chi connectivity index (χ0) is 10.7. The standard InChI is InChI=1S/C9H8FNO3/c1-5(12)7-4-6(11-9(13)14)2-3-8(7)10/h2-4,11H,1H3,(H,13,14). The summed E-state index contributed by atoms with van der Waals surface area (Å²) in [5, 5.41) is 10.4. The van der Waals surface area contributed by atoms with E-state index < -0.39 is 17.7 Å². The summed E-state index contributed by atoms with van der Waals surface area (Å²) in [6, 6.07) is 3.45. The van der Waals surface area contributed by atoms with Crippen molar-refractivity contribution in [1.82, 2.24) is 0 Å². The molecule has 0 saturated carbocycles. The number of carbonyl (C=O) groups is 2. The molecule has 0 spiro atoms. The molecule has 0 radical (unpaired) electrons.